The molecular formula is C67H33F6N7. The molecule has 13 heteroatoms. The summed E-state index contributed by atoms with van der Waals surface area (Å²) in [5.41, 5.74) is 6.49. The van der Waals surface area contributed by atoms with Crippen LogP contribution in [-0.4, -0.2) is 9.13 Å². The van der Waals surface area contributed by atoms with Crippen LogP contribution in [0.2, 0.25) is 0 Å². The van der Waals surface area contributed by atoms with Crippen LogP contribution in [0.25, 0.3) is 125 Å². The van der Waals surface area contributed by atoms with Gasteiger partial charge in [0.15, 0.2) is 17.1 Å². The minimum Gasteiger partial charge on any atom is -0.308 e. The minimum atomic E-state index is -5.29. The minimum absolute atomic E-state index is 0.0760. The number of hydrogen-bond donors (Lipinski definition) is 0. The second kappa shape index (κ2) is 19.1. The SMILES string of the molecule is [C-]#[N+]c1cccc(-c2ccc3c(c2)c2cc(-c4cccc([N+]#[C-])c4)ccc2n3-c2cc([N+]#[C-])c(-c3ccc(C(F)(F)F)cc3C(F)(F)F)cc2-n2c3ccc(-c4cccc(C#N)c4)cc3c3cc(-c4cccc(C#N)c4)ccc32)c1. The molecule has 12 aromatic rings. The van der Waals surface area contributed by atoms with Crippen LogP contribution < -0.4 is 0 Å². The first kappa shape index (κ1) is 49.7. The number of hydrogen-bond acceptors (Lipinski definition) is 2. The van der Waals surface area contributed by atoms with E-state index in [-0.39, 0.29) is 23.0 Å². The van der Waals surface area contributed by atoms with Crippen molar-refractivity contribution in [1.29, 1.82) is 10.5 Å². The predicted molar refractivity (Wildman–Crippen MR) is 301 cm³/mol. The number of fused-ring (bicyclic) bond motifs is 6. The summed E-state index contributed by atoms with van der Waals surface area (Å²) in [5, 5.41) is 22.5. The predicted octanol–water partition coefficient (Wildman–Crippen LogP) is 19.6. The third kappa shape index (κ3) is 8.57. The molecule has 0 radical (unpaired) electrons. The first-order chi connectivity index (χ1) is 38.7. The Bertz CT molecular complexity index is 4600. The van der Waals surface area contributed by atoms with Crippen molar-refractivity contribution in [3.05, 3.63) is 257 Å². The molecule has 0 aliphatic rings. The summed E-state index contributed by atoms with van der Waals surface area (Å²) in [6.07, 6.45) is -10.4. The summed E-state index contributed by atoms with van der Waals surface area (Å²) >= 11 is 0. The van der Waals surface area contributed by atoms with Crippen molar-refractivity contribution in [2.75, 3.05) is 0 Å². The zero-order valence-electron chi connectivity index (χ0n) is 41.5. The number of benzene rings is 10. The molecule has 2 heterocycles. The molecule has 0 amide bonds. The summed E-state index contributed by atoms with van der Waals surface area (Å²) in [4.78, 5) is 11.1. The van der Waals surface area contributed by atoms with E-state index in [9.17, 15) is 23.7 Å². The van der Waals surface area contributed by atoms with E-state index in [2.05, 4.69) is 26.7 Å². The maximum atomic E-state index is 15.3. The van der Waals surface area contributed by atoms with E-state index in [1.165, 1.54) is 12.1 Å². The summed E-state index contributed by atoms with van der Waals surface area (Å²) in [6, 6.07) is 60.3. The van der Waals surface area contributed by atoms with Crippen LogP contribution in [0.1, 0.15) is 22.3 Å². The molecule has 0 aliphatic carbocycles. The maximum Gasteiger partial charge on any atom is 0.416 e. The number of nitrogens with zero attached hydrogens (tertiary/aromatic N) is 7. The monoisotopic (exact) mass is 1050 g/mol. The molecule has 80 heavy (non-hydrogen) atoms. The zero-order valence-corrected chi connectivity index (χ0v) is 41.5. The fraction of sp³-hybridized carbons (Fsp3) is 0.0299. The average molecular weight is 1050 g/mol. The fourth-order valence-electron chi connectivity index (χ4n) is 10.8. The summed E-state index contributed by atoms with van der Waals surface area (Å²) in [5.74, 6) is 0. The molecule has 0 aliphatic heterocycles. The van der Waals surface area contributed by atoms with Gasteiger partial charge in [-0.05, 0) is 165 Å². The van der Waals surface area contributed by atoms with E-state index in [0.717, 1.165) is 61.3 Å². The molecule has 0 saturated carbocycles. The Balaban J connectivity index is 1.23. The third-order valence-electron chi connectivity index (χ3n) is 14.4. The van der Waals surface area contributed by atoms with E-state index in [4.69, 9.17) is 19.7 Å². The number of rotatable bonds is 7. The molecule has 0 unspecified atom stereocenters. The Kier molecular flexibility index (Phi) is 11.9. The maximum absolute atomic E-state index is 15.3. The molecule has 0 atom stereocenters. The first-order valence-corrected chi connectivity index (χ1v) is 24.6. The summed E-state index contributed by atoms with van der Waals surface area (Å²) in [7, 11) is 0. The van der Waals surface area contributed by atoms with E-state index >= 15 is 13.2 Å². The molecular weight excluding hydrogens is 1020 g/mol. The lowest BCUT2D eigenvalue weighted by atomic mass is 9.94. The third-order valence-corrected chi connectivity index (χ3v) is 14.4. The van der Waals surface area contributed by atoms with E-state index in [1.807, 2.05) is 106 Å². The first-order valence-electron chi connectivity index (χ1n) is 24.6. The lowest BCUT2D eigenvalue weighted by molar-refractivity contribution is -0.142. The molecule has 12 rings (SSSR count). The normalized spacial score (nSPS) is 11.6. The van der Waals surface area contributed by atoms with Gasteiger partial charge < -0.3 is 9.13 Å². The van der Waals surface area contributed by atoms with Gasteiger partial charge in [0, 0.05) is 21.5 Å². The molecule has 7 nitrogen and oxygen atoms in total. The van der Waals surface area contributed by atoms with Crippen molar-refractivity contribution < 1.29 is 26.3 Å². The van der Waals surface area contributed by atoms with Crippen LogP contribution in [0.3, 0.4) is 0 Å². The lowest BCUT2D eigenvalue weighted by Gasteiger charge is -2.22. The van der Waals surface area contributed by atoms with Crippen LogP contribution >= 0.6 is 0 Å². The molecule has 0 fully saturated rings. The van der Waals surface area contributed by atoms with E-state index < -0.39 is 29.0 Å². The van der Waals surface area contributed by atoms with Gasteiger partial charge in [-0.1, -0.05) is 91.0 Å². The van der Waals surface area contributed by atoms with Crippen molar-refractivity contribution in [2.45, 2.75) is 12.4 Å². The van der Waals surface area contributed by atoms with Gasteiger partial charge in [0.25, 0.3) is 0 Å². The summed E-state index contributed by atoms with van der Waals surface area (Å²) < 4.78 is 92.4. The molecule has 2 aromatic heterocycles. The topological polar surface area (TPSA) is 70.5 Å². The molecule has 0 spiro atoms. The highest BCUT2D eigenvalue weighted by molar-refractivity contribution is 6.14. The largest absolute Gasteiger partial charge is 0.416 e. The van der Waals surface area contributed by atoms with Gasteiger partial charge in [-0.3, -0.25) is 0 Å². The van der Waals surface area contributed by atoms with Gasteiger partial charge >= 0.3 is 12.4 Å². The fourth-order valence-corrected chi connectivity index (χ4v) is 10.8. The zero-order chi connectivity index (χ0) is 55.6. The Hall–Kier alpha value is -11.2. The number of aromatic nitrogens is 2. The highest BCUT2D eigenvalue weighted by atomic mass is 19.4. The van der Waals surface area contributed by atoms with Gasteiger partial charge in [-0.2, -0.15) is 36.9 Å². The molecule has 0 saturated heterocycles. The summed E-state index contributed by atoms with van der Waals surface area (Å²) in [6.45, 7) is 24.0. The van der Waals surface area contributed by atoms with Crippen LogP contribution in [0, 0.1) is 42.4 Å². The van der Waals surface area contributed by atoms with Gasteiger partial charge in [0.05, 0.1) is 87.6 Å². The van der Waals surface area contributed by atoms with Crippen molar-refractivity contribution >= 4 is 60.7 Å². The average Bonchev–Trinajstić information content (AvgIpc) is 4.08. The van der Waals surface area contributed by atoms with Gasteiger partial charge in [0.2, 0.25) is 0 Å². The van der Waals surface area contributed by atoms with E-state index in [1.54, 1.807) is 72.8 Å². The quantitative estimate of drug-likeness (QED) is 0.118. The van der Waals surface area contributed by atoms with Crippen molar-refractivity contribution in [3.63, 3.8) is 0 Å². The van der Waals surface area contributed by atoms with Crippen LogP contribution in [0.15, 0.2) is 200 Å². The molecule has 0 bridgehead atoms. The second-order valence-corrected chi connectivity index (χ2v) is 19.0. The Labute approximate surface area is 453 Å². The van der Waals surface area contributed by atoms with Gasteiger partial charge in [0.1, 0.15) is 0 Å². The highest BCUT2D eigenvalue weighted by Crippen LogP contribution is 2.49. The van der Waals surface area contributed by atoms with Gasteiger partial charge in [-0.15, -0.1) is 0 Å². The van der Waals surface area contributed by atoms with Gasteiger partial charge in [-0.25, -0.2) is 14.5 Å². The van der Waals surface area contributed by atoms with Crippen molar-refractivity contribution in [2.24, 2.45) is 0 Å². The van der Waals surface area contributed by atoms with Crippen LogP contribution in [0.5, 0.6) is 0 Å². The number of halogens is 6. The lowest BCUT2D eigenvalue weighted by Crippen LogP contribution is -2.12. The standard InChI is InChI=1S/C67H33F6N7/c1-76-50-14-6-12-43(28-50)47-18-24-62-56(32-47)57-33-48(44-13-7-15-51(29-44)77-2)19-25-63(57)80(62)65-36-59(78-3)53(52-21-20-49(66(68,69)70)34-58(52)67(71,72)73)35-64(65)79-60-22-16-45(41-10-4-8-39(26-41)37-74)30-54(60)55-31-46(17-23-61(55)79)42-11-5-9-40(27-42)38-75/h4-36H. The van der Waals surface area contributed by atoms with Crippen molar-refractivity contribution in [3.8, 4) is 79.1 Å². The molecule has 0 N–H and O–H groups in total. The number of alkyl halides is 6. The molecule has 378 valence electrons. The van der Waals surface area contributed by atoms with Crippen LogP contribution in [0.4, 0.5) is 43.4 Å². The smallest absolute Gasteiger partial charge is 0.308 e. The second-order valence-electron chi connectivity index (χ2n) is 19.0. The Morgan fingerprint density at radius 3 is 1.12 bits per heavy atom. The van der Waals surface area contributed by atoms with Crippen LogP contribution in [-0.2, 0) is 12.4 Å². The Morgan fingerprint density at radius 1 is 0.362 bits per heavy atom. The highest BCUT2D eigenvalue weighted by Gasteiger charge is 2.39. The number of nitriles is 2. The molecule has 10 aromatic carbocycles. The Morgan fingerprint density at radius 2 is 0.750 bits per heavy atom. The van der Waals surface area contributed by atoms with Crippen molar-refractivity contribution in [1.82, 2.24) is 9.13 Å². The van der Waals surface area contributed by atoms with E-state index in [0.29, 0.717) is 67.1 Å².